The molecule has 0 bridgehead atoms. The molecule has 4 rings (SSSR count). The van der Waals surface area contributed by atoms with Crippen LogP contribution in [0.3, 0.4) is 0 Å². The lowest BCUT2D eigenvalue weighted by atomic mass is 10.2. The molecule has 0 aliphatic heterocycles. The summed E-state index contributed by atoms with van der Waals surface area (Å²) in [6.45, 7) is 0. The fourth-order valence-electron chi connectivity index (χ4n) is 2.09. The molecule has 0 radical (unpaired) electrons. The van der Waals surface area contributed by atoms with Crippen LogP contribution in [0.5, 0.6) is 0 Å². The standard InChI is InChI=1S/C12H8N6O/c13-7-5-6-10(12-11(7)15-19-16-12)18-9-4-2-1-3-8(9)14-17-18/h1-6H,13H2. The van der Waals surface area contributed by atoms with Gasteiger partial charge in [-0.25, -0.2) is 9.31 Å². The quantitative estimate of drug-likeness (QED) is 0.516. The molecular weight excluding hydrogens is 244 g/mol. The first-order chi connectivity index (χ1) is 9.34. The highest BCUT2D eigenvalue weighted by Gasteiger charge is 2.14. The lowest BCUT2D eigenvalue weighted by Crippen LogP contribution is -1.99. The van der Waals surface area contributed by atoms with Gasteiger partial charge in [-0.1, -0.05) is 17.3 Å². The second kappa shape index (κ2) is 3.52. The van der Waals surface area contributed by atoms with Crippen LogP contribution in [-0.4, -0.2) is 25.3 Å². The van der Waals surface area contributed by atoms with Crippen molar-refractivity contribution in [3.05, 3.63) is 36.4 Å². The maximum atomic E-state index is 5.83. The van der Waals surface area contributed by atoms with Crippen molar-refractivity contribution in [1.82, 2.24) is 25.3 Å². The van der Waals surface area contributed by atoms with Crippen LogP contribution in [0.1, 0.15) is 0 Å². The molecule has 0 saturated heterocycles. The third-order valence-corrected chi connectivity index (χ3v) is 3.01. The molecule has 0 amide bonds. The summed E-state index contributed by atoms with van der Waals surface area (Å²) in [5, 5.41) is 15.9. The van der Waals surface area contributed by atoms with Crippen molar-refractivity contribution in [2.75, 3.05) is 5.73 Å². The monoisotopic (exact) mass is 252 g/mol. The molecule has 2 heterocycles. The number of rotatable bonds is 1. The van der Waals surface area contributed by atoms with E-state index in [0.717, 1.165) is 16.7 Å². The van der Waals surface area contributed by atoms with Crippen LogP contribution in [0.2, 0.25) is 0 Å². The fourth-order valence-corrected chi connectivity index (χ4v) is 2.09. The summed E-state index contributed by atoms with van der Waals surface area (Å²) in [5.41, 5.74) is 9.87. The van der Waals surface area contributed by atoms with E-state index in [2.05, 4.69) is 20.6 Å². The van der Waals surface area contributed by atoms with Crippen molar-refractivity contribution >= 4 is 27.8 Å². The van der Waals surface area contributed by atoms with Gasteiger partial charge < -0.3 is 5.73 Å². The van der Waals surface area contributed by atoms with Crippen molar-refractivity contribution in [1.29, 1.82) is 0 Å². The Hall–Kier alpha value is -2.96. The van der Waals surface area contributed by atoms with Gasteiger partial charge in [-0.3, -0.25) is 0 Å². The van der Waals surface area contributed by atoms with Gasteiger partial charge in [0, 0.05) is 0 Å². The summed E-state index contributed by atoms with van der Waals surface area (Å²) in [7, 11) is 0. The number of hydrogen-bond donors (Lipinski definition) is 1. The zero-order valence-corrected chi connectivity index (χ0v) is 9.69. The van der Waals surface area contributed by atoms with E-state index in [9.17, 15) is 0 Å². The van der Waals surface area contributed by atoms with Gasteiger partial charge in [0.2, 0.25) is 0 Å². The highest BCUT2D eigenvalue weighted by atomic mass is 16.6. The Kier molecular flexibility index (Phi) is 1.85. The SMILES string of the molecule is Nc1ccc(-n2nnc3ccccc32)c2nonc12. The Balaban J connectivity index is 2.10. The molecule has 7 nitrogen and oxygen atoms in total. The van der Waals surface area contributed by atoms with Crippen molar-refractivity contribution in [3.8, 4) is 5.69 Å². The first-order valence-corrected chi connectivity index (χ1v) is 5.66. The molecule has 0 atom stereocenters. The van der Waals surface area contributed by atoms with Gasteiger partial charge in [0.05, 0.1) is 16.9 Å². The first-order valence-electron chi connectivity index (χ1n) is 5.66. The molecule has 0 aliphatic rings. The zero-order valence-electron chi connectivity index (χ0n) is 9.69. The Morgan fingerprint density at radius 3 is 2.79 bits per heavy atom. The van der Waals surface area contributed by atoms with E-state index in [0.29, 0.717) is 16.7 Å². The van der Waals surface area contributed by atoms with Crippen molar-refractivity contribution in [2.45, 2.75) is 0 Å². The topological polar surface area (TPSA) is 95.7 Å². The normalized spacial score (nSPS) is 11.4. The minimum atomic E-state index is 0.518. The van der Waals surface area contributed by atoms with E-state index in [1.165, 1.54) is 0 Å². The van der Waals surface area contributed by atoms with Gasteiger partial charge in [0.15, 0.2) is 11.0 Å². The van der Waals surface area contributed by atoms with Crippen molar-refractivity contribution < 1.29 is 4.63 Å². The molecule has 19 heavy (non-hydrogen) atoms. The summed E-state index contributed by atoms with van der Waals surface area (Å²) in [4.78, 5) is 0. The second-order valence-corrected chi connectivity index (χ2v) is 4.13. The predicted molar refractivity (Wildman–Crippen MR) is 68.6 cm³/mol. The Morgan fingerprint density at radius 1 is 1.00 bits per heavy atom. The van der Waals surface area contributed by atoms with Crippen LogP contribution in [0.4, 0.5) is 5.69 Å². The molecule has 2 aromatic carbocycles. The number of benzene rings is 2. The van der Waals surface area contributed by atoms with Gasteiger partial charge in [-0.15, -0.1) is 5.10 Å². The van der Waals surface area contributed by atoms with Crippen molar-refractivity contribution in [2.24, 2.45) is 0 Å². The molecule has 2 aromatic heterocycles. The molecule has 4 aromatic rings. The molecule has 0 saturated carbocycles. The van der Waals surface area contributed by atoms with Gasteiger partial charge >= 0.3 is 0 Å². The fraction of sp³-hybridized carbons (Fsp3) is 0. The summed E-state index contributed by atoms with van der Waals surface area (Å²) in [6.07, 6.45) is 0. The van der Waals surface area contributed by atoms with Crippen LogP contribution in [-0.2, 0) is 0 Å². The average molecular weight is 252 g/mol. The van der Waals surface area contributed by atoms with Gasteiger partial charge in [0.1, 0.15) is 5.52 Å². The molecule has 2 N–H and O–H groups in total. The number of hydrogen-bond acceptors (Lipinski definition) is 6. The molecular formula is C12H8N6O. The van der Waals surface area contributed by atoms with Crippen LogP contribution in [0.15, 0.2) is 41.0 Å². The summed E-state index contributed by atoms with van der Waals surface area (Å²) in [6, 6.07) is 11.2. The second-order valence-electron chi connectivity index (χ2n) is 4.13. The number of nitrogens with zero attached hydrogens (tertiary/aromatic N) is 5. The highest BCUT2D eigenvalue weighted by Crippen LogP contribution is 2.25. The maximum absolute atomic E-state index is 5.83. The van der Waals surface area contributed by atoms with Crippen LogP contribution < -0.4 is 5.73 Å². The molecule has 92 valence electrons. The third kappa shape index (κ3) is 1.32. The first kappa shape index (κ1) is 10.0. The minimum Gasteiger partial charge on any atom is -0.397 e. The maximum Gasteiger partial charge on any atom is 0.163 e. The summed E-state index contributed by atoms with van der Waals surface area (Å²) < 4.78 is 6.45. The number of fused-ring (bicyclic) bond motifs is 2. The third-order valence-electron chi connectivity index (χ3n) is 3.01. The number of para-hydroxylation sites is 1. The lowest BCUT2D eigenvalue weighted by molar-refractivity contribution is 0.315. The van der Waals surface area contributed by atoms with E-state index < -0.39 is 0 Å². The molecule has 7 heteroatoms. The predicted octanol–water partition coefficient (Wildman–Crippen LogP) is 1.54. The van der Waals surface area contributed by atoms with E-state index in [4.69, 9.17) is 10.4 Å². The van der Waals surface area contributed by atoms with Crippen LogP contribution in [0, 0.1) is 0 Å². The molecule has 0 fully saturated rings. The smallest absolute Gasteiger partial charge is 0.163 e. The summed E-state index contributed by atoms with van der Waals surface area (Å²) in [5.74, 6) is 0. The summed E-state index contributed by atoms with van der Waals surface area (Å²) >= 11 is 0. The van der Waals surface area contributed by atoms with E-state index in [1.807, 2.05) is 30.3 Å². The molecule has 0 spiro atoms. The van der Waals surface area contributed by atoms with Crippen LogP contribution >= 0.6 is 0 Å². The Bertz CT molecular complexity index is 893. The molecule has 0 unspecified atom stereocenters. The van der Waals surface area contributed by atoms with E-state index in [1.54, 1.807) is 10.7 Å². The van der Waals surface area contributed by atoms with Gasteiger partial charge in [-0.2, -0.15) is 0 Å². The minimum absolute atomic E-state index is 0.518. The number of nitrogens with two attached hydrogens (primary N) is 1. The largest absolute Gasteiger partial charge is 0.397 e. The number of anilines is 1. The average Bonchev–Trinajstić information content (AvgIpc) is 3.06. The molecule has 0 aliphatic carbocycles. The van der Waals surface area contributed by atoms with Crippen molar-refractivity contribution in [3.63, 3.8) is 0 Å². The van der Waals surface area contributed by atoms with Gasteiger partial charge in [0.25, 0.3) is 0 Å². The lowest BCUT2D eigenvalue weighted by Gasteiger charge is -2.02. The Morgan fingerprint density at radius 2 is 1.84 bits per heavy atom. The zero-order chi connectivity index (χ0) is 12.8. The highest BCUT2D eigenvalue weighted by molar-refractivity contribution is 5.93. The number of aromatic nitrogens is 5. The van der Waals surface area contributed by atoms with E-state index >= 15 is 0 Å². The Labute approximate surface area is 106 Å². The van der Waals surface area contributed by atoms with E-state index in [-0.39, 0.29) is 0 Å². The number of nitrogen functional groups attached to an aromatic ring is 1. The van der Waals surface area contributed by atoms with Gasteiger partial charge in [-0.05, 0) is 34.6 Å². The van der Waals surface area contributed by atoms with Crippen LogP contribution in [0.25, 0.3) is 27.8 Å².